The Bertz CT molecular complexity index is 1420. The molecule has 1 fully saturated rings. The van der Waals surface area contributed by atoms with Crippen LogP contribution in [0.25, 0.3) is 10.8 Å². The van der Waals surface area contributed by atoms with Crippen molar-refractivity contribution in [2.24, 2.45) is 5.92 Å². The number of pyridine rings is 1. The number of hydrogen-bond donors (Lipinski definition) is 2. The number of halogens is 1. The van der Waals surface area contributed by atoms with Gasteiger partial charge < -0.3 is 10.1 Å². The van der Waals surface area contributed by atoms with E-state index in [1.165, 1.54) is 0 Å². The Morgan fingerprint density at radius 2 is 1.66 bits per heavy atom. The van der Waals surface area contributed by atoms with Gasteiger partial charge in [0.05, 0.1) is 10.6 Å². The molecule has 1 atom stereocenters. The lowest BCUT2D eigenvalue weighted by atomic mass is 9.88. The van der Waals surface area contributed by atoms with Gasteiger partial charge in [0.2, 0.25) is 0 Å². The largest absolute Gasteiger partial charge is 0.483 e. The minimum absolute atomic E-state index is 0.200. The van der Waals surface area contributed by atoms with Crippen molar-refractivity contribution in [1.82, 2.24) is 10.3 Å². The minimum atomic E-state index is -3.82. The summed E-state index contributed by atoms with van der Waals surface area (Å²) in [7, 11) is -3.82. The first-order valence-corrected chi connectivity index (χ1v) is 13.9. The minimum Gasteiger partial charge on any atom is -0.483 e. The first-order valence-electron chi connectivity index (χ1n) is 11.6. The van der Waals surface area contributed by atoms with E-state index in [1.54, 1.807) is 36.7 Å². The maximum absolute atomic E-state index is 13.3. The standard InChI is InChI=1S/C27H26BrN3O3S/c28-23-7-5-22-18-24(8-6-21(22)17-23)35(32,33)31-25-3-1-2-4-26(25)34-27(19-9-13-29-14-10-19)20-11-15-30-16-12-20/h1-10,13-14,17-18,20,27,30-31H,11-12,15-16H2. The van der Waals surface area contributed by atoms with Crippen LogP contribution in [0.5, 0.6) is 5.75 Å². The number of fused-ring (bicyclic) bond motifs is 1. The summed E-state index contributed by atoms with van der Waals surface area (Å²) in [4.78, 5) is 4.34. The second-order valence-corrected chi connectivity index (χ2v) is 11.3. The van der Waals surface area contributed by atoms with Gasteiger partial charge in [-0.15, -0.1) is 0 Å². The molecule has 4 aromatic rings. The van der Waals surface area contributed by atoms with Gasteiger partial charge in [-0.1, -0.05) is 40.2 Å². The summed E-state index contributed by atoms with van der Waals surface area (Å²) in [6, 6.07) is 22.0. The number of anilines is 1. The van der Waals surface area contributed by atoms with Crippen molar-refractivity contribution in [2.45, 2.75) is 23.8 Å². The second-order valence-electron chi connectivity index (χ2n) is 8.66. The van der Waals surface area contributed by atoms with Gasteiger partial charge in [0.1, 0.15) is 11.9 Å². The number of ether oxygens (including phenoxy) is 1. The predicted molar refractivity (Wildman–Crippen MR) is 142 cm³/mol. The molecule has 8 heteroatoms. The fourth-order valence-corrected chi connectivity index (χ4v) is 5.98. The molecule has 3 aromatic carbocycles. The summed E-state index contributed by atoms with van der Waals surface area (Å²) in [6.45, 7) is 1.87. The van der Waals surface area contributed by atoms with Crippen LogP contribution in [0.3, 0.4) is 0 Å². The lowest BCUT2D eigenvalue weighted by Gasteiger charge is -2.32. The average Bonchev–Trinajstić information content (AvgIpc) is 2.88. The van der Waals surface area contributed by atoms with Crippen LogP contribution in [0.4, 0.5) is 5.69 Å². The van der Waals surface area contributed by atoms with Crippen LogP contribution in [0.2, 0.25) is 0 Å². The topological polar surface area (TPSA) is 80.3 Å². The molecular formula is C27H26BrN3O3S. The molecule has 5 rings (SSSR count). The maximum Gasteiger partial charge on any atom is 0.262 e. The molecule has 0 spiro atoms. The molecule has 35 heavy (non-hydrogen) atoms. The molecule has 0 saturated carbocycles. The zero-order valence-corrected chi connectivity index (χ0v) is 21.4. The van der Waals surface area contributed by atoms with Gasteiger partial charge in [0.15, 0.2) is 0 Å². The fourth-order valence-electron chi connectivity index (χ4n) is 4.49. The van der Waals surface area contributed by atoms with E-state index in [0.29, 0.717) is 17.4 Å². The highest BCUT2D eigenvalue weighted by atomic mass is 79.9. The summed E-state index contributed by atoms with van der Waals surface area (Å²) in [5.74, 6) is 0.810. The van der Waals surface area contributed by atoms with Crippen molar-refractivity contribution in [3.8, 4) is 5.75 Å². The Morgan fingerprint density at radius 1 is 0.943 bits per heavy atom. The third-order valence-corrected chi connectivity index (χ3v) is 8.17. The van der Waals surface area contributed by atoms with E-state index in [1.807, 2.05) is 48.5 Å². The monoisotopic (exact) mass is 551 g/mol. The van der Waals surface area contributed by atoms with E-state index in [2.05, 4.69) is 31.0 Å². The number of nitrogens with zero attached hydrogens (tertiary/aromatic N) is 1. The second kappa shape index (κ2) is 10.4. The molecule has 1 aromatic heterocycles. The van der Waals surface area contributed by atoms with Crippen LogP contribution in [0, 0.1) is 5.92 Å². The van der Waals surface area contributed by atoms with Crippen molar-refractivity contribution in [3.63, 3.8) is 0 Å². The lowest BCUT2D eigenvalue weighted by Crippen LogP contribution is -2.32. The molecule has 1 aliphatic heterocycles. The highest BCUT2D eigenvalue weighted by Gasteiger charge is 2.28. The number of para-hydroxylation sites is 2. The molecule has 180 valence electrons. The van der Waals surface area contributed by atoms with Crippen molar-refractivity contribution in [1.29, 1.82) is 0 Å². The van der Waals surface area contributed by atoms with Crippen molar-refractivity contribution in [3.05, 3.63) is 95.2 Å². The van der Waals surface area contributed by atoms with E-state index < -0.39 is 10.0 Å². The SMILES string of the molecule is O=S(=O)(Nc1ccccc1OC(c1ccncc1)C1CCNCC1)c1ccc2cc(Br)ccc2c1. The van der Waals surface area contributed by atoms with Gasteiger partial charge in [-0.3, -0.25) is 9.71 Å². The van der Waals surface area contributed by atoms with Crippen molar-refractivity contribution in [2.75, 3.05) is 17.8 Å². The van der Waals surface area contributed by atoms with Gasteiger partial charge in [0.25, 0.3) is 10.0 Å². The summed E-state index contributed by atoms with van der Waals surface area (Å²) < 4.78 is 36.9. The molecule has 0 radical (unpaired) electrons. The van der Waals surface area contributed by atoms with Gasteiger partial charge in [-0.05, 0) is 90.8 Å². The van der Waals surface area contributed by atoms with Crippen LogP contribution in [-0.4, -0.2) is 26.5 Å². The van der Waals surface area contributed by atoms with Crippen molar-refractivity contribution < 1.29 is 13.2 Å². The average molecular weight is 552 g/mol. The molecule has 0 bridgehead atoms. The Labute approximate surface area is 213 Å². The zero-order valence-electron chi connectivity index (χ0n) is 19.0. The molecule has 6 nitrogen and oxygen atoms in total. The quantitative estimate of drug-likeness (QED) is 0.298. The normalized spacial score (nSPS) is 15.6. The predicted octanol–water partition coefficient (Wildman–Crippen LogP) is 5.92. The first-order chi connectivity index (χ1) is 17.0. The van der Waals surface area contributed by atoms with Gasteiger partial charge in [-0.2, -0.15) is 0 Å². The van der Waals surface area contributed by atoms with Crippen LogP contribution in [0.1, 0.15) is 24.5 Å². The molecular weight excluding hydrogens is 526 g/mol. The molecule has 1 aliphatic rings. The van der Waals surface area contributed by atoms with Crippen LogP contribution in [0.15, 0.2) is 94.6 Å². The van der Waals surface area contributed by atoms with Crippen LogP contribution >= 0.6 is 15.9 Å². The Balaban J connectivity index is 1.44. The van der Waals surface area contributed by atoms with Gasteiger partial charge >= 0.3 is 0 Å². The third kappa shape index (κ3) is 5.50. The number of rotatable bonds is 7. The molecule has 2 N–H and O–H groups in total. The summed E-state index contributed by atoms with van der Waals surface area (Å²) in [5.41, 5.74) is 1.45. The van der Waals surface area contributed by atoms with Crippen molar-refractivity contribution >= 4 is 42.4 Å². The molecule has 2 heterocycles. The summed E-state index contributed by atoms with van der Waals surface area (Å²) in [6.07, 6.45) is 5.28. The van der Waals surface area contributed by atoms with E-state index >= 15 is 0 Å². The molecule has 1 saturated heterocycles. The highest BCUT2D eigenvalue weighted by molar-refractivity contribution is 9.10. The van der Waals surface area contributed by atoms with E-state index in [-0.39, 0.29) is 11.0 Å². The third-order valence-electron chi connectivity index (χ3n) is 6.32. The zero-order chi connectivity index (χ0) is 24.3. The summed E-state index contributed by atoms with van der Waals surface area (Å²) >= 11 is 3.46. The Kier molecular flexibility index (Phi) is 7.04. The fraction of sp³-hybridized carbons (Fsp3) is 0.222. The maximum atomic E-state index is 13.3. The number of benzene rings is 3. The van der Waals surface area contributed by atoms with Crippen LogP contribution < -0.4 is 14.8 Å². The number of hydrogen-bond acceptors (Lipinski definition) is 5. The first kappa shape index (κ1) is 23.8. The molecule has 1 unspecified atom stereocenters. The van der Waals surface area contributed by atoms with E-state index in [0.717, 1.165) is 46.7 Å². The molecule has 0 amide bonds. The number of sulfonamides is 1. The number of aromatic nitrogens is 1. The Morgan fingerprint density at radius 3 is 2.46 bits per heavy atom. The lowest BCUT2D eigenvalue weighted by molar-refractivity contribution is 0.113. The van der Waals surface area contributed by atoms with E-state index in [9.17, 15) is 8.42 Å². The Hall–Kier alpha value is -2.94. The highest BCUT2D eigenvalue weighted by Crippen LogP contribution is 2.37. The summed E-state index contributed by atoms with van der Waals surface area (Å²) in [5, 5.41) is 5.21. The smallest absolute Gasteiger partial charge is 0.262 e. The number of nitrogens with one attached hydrogen (secondary N) is 2. The van der Waals surface area contributed by atoms with Gasteiger partial charge in [0, 0.05) is 22.8 Å². The van der Waals surface area contributed by atoms with Gasteiger partial charge in [-0.25, -0.2) is 8.42 Å². The molecule has 0 aliphatic carbocycles. The van der Waals surface area contributed by atoms with Crippen LogP contribution in [-0.2, 0) is 10.0 Å². The van der Waals surface area contributed by atoms with E-state index in [4.69, 9.17) is 4.74 Å². The number of piperidine rings is 1.